The zero-order chi connectivity index (χ0) is 19.1. The molecule has 6 nitrogen and oxygen atoms in total. The predicted octanol–water partition coefficient (Wildman–Crippen LogP) is 4.03. The van der Waals surface area contributed by atoms with Crippen LogP contribution in [0.4, 0.5) is 0 Å². The number of nitrogens with zero attached hydrogens (tertiary/aromatic N) is 3. The van der Waals surface area contributed by atoms with Crippen LogP contribution in [0.15, 0.2) is 46.6 Å². The minimum atomic E-state index is -0.300. The number of aromatic amines is 1. The Labute approximate surface area is 166 Å². The number of aromatic nitrogens is 3. The molecular weight excluding hydrogens is 372 g/mol. The van der Waals surface area contributed by atoms with Gasteiger partial charge in [0.25, 0.3) is 0 Å². The Bertz CT molecular complexity index is 1130. The SMILES string of the molecule is Cc1cccc2cc([C@H]3c4nc[nH]c4CCN3C(=O)CCc3nccs3)oc12. The van der Waals surface area contributed by atoms with Crippen LogP contribution in [0.3, 0.4) is 0 Å². The Morgan fingerprint density at radius 3 is 3.14 bits per heavy atom. The molecule has 1 N–H and O–H groups in total. The largest absolute Gasteiger partial charge is 0.458 e. The first-order chi connectivity index (χ1) is 13.7. The van der Waals surface area contributed by atoms with E-state index in [0.29, 0.717) is 19.4 Å². The fraction of sp³-hybridized carbons (Fsp3) is 0.286. The number of imidazole rings is 1. The number of aryl methyl sites for hydroxylation is 2. The number of benzene rings is 1. The summed E-state index contributed by atoms with van der Waals surface area (Å²) in [5.41, 5.74) is 3.91. The number of thiazole rings is 1. The number of furan rings is 1. The van der Waals surface area contributed by atoms with Crippen molar-refractivity contribution in [3.8, 4) is 0 Å². The van der Waals surface area contributed by atoms with Gasteiger partial charge in [-0.1, -0.05) is 18.2 Å². The first-order valence-electron chi connectivity index (χ1n) is 9.40. The molecule has 28 heavy (non-hydrogen) atoms. The summed E-state index contributed by atoms with van der Waals surface area (Å²) in [6.45, 7) is 2.68. The average molecular weight is 392 g/mol. The lowest BCUT2D eigenvalue weighted by Crippen LogP contribution is -2.40. The lowest BCUT2D eigenvalue weighted by atomic mass is 9.99. The lowest BCUT2D eigenvalue weighted by molar-refractivity contribution is -0.133. The summed E-state index contributed by atoms with van der Waals surface area (Å²) in [6.07, 6.45) is 5.35. The van der Waals surface area contributed by atoms with Gasteiger partial charge >= 0.3 is 0 Å². The maximum absolute atomic E-state index is 13.1. The van der Waals surface area contributed by atoms with E-state index in [1.165, 1.54) is 0 Å². The number of amides is 1. The van der Waals surface area contributed by atoms with Gasteiger partial charge in [-0.25, -0.2) is 9.97 Å². The van der Waals surface area contributed by atoms with Crippen molar-refractivity contribution in [2.24, 2.45) is 0 Å². The molecule has 0 radical (unpaired) electrons. The molecule has 1 aliphatic rings. The second-order valence-corrected chi connectivity index (χ2v) is 8.05. The second kappa shape index (κ2) is 6.91. The molecule has 0 fully saturated rings. The van der Waals surface area contributed by atoms with Crippen LogP contribution >= 0.6 is 11.3 Å². The molecule has 7 heteroatoms. The number of para-hydroxylation sites is 1. The third-order valence-corrected chi connectivity index (χ3v) is 6.15. The van der Waals surface area contributed by atoms with Crippen molar-refractivity contribution in [2.45, 2.75) is 32.2 Å². The average Bonchev–Trinajstić information content (AvgIpc) is 3.45. The number of hydrogen-bond acceptors (Lipinski definition) is 5. The molecule has 5 rings (SSSR count). The Hall–Kier alpha value is -2.93. The Kier molecular flexibility index (Phi) is 4.24. The number of hydrogen-bond donors (Lipinski definition) is 1. The van der Waals surface area contributed by atoms with Gasteiger partial charge in [-0.15, -0.1) is 11.3 Å². The Morgan fingerprint density at radius 2 is 2.32 bits per heavy atom. The number of fused-ring (bicyclic) bond motifs is 2. The van der Waals surface area contributed by atoms with Crippen LogP contribution in [0.1, 0.15) is 40.2 Å². The van der Waals surface area contributed by atoms with E-state index in [1.54, 1.807) is 23.9 Å². The summed E-state index contributed by atoms with van der Waals surface area (Å²) < 4.78 is 6.24. The number of rotatable bonds is 4. The number of nitrogens with one attached hydrogen (secondary N) is 1. The van der Waals surface area contributed by atoms with Crippen LogP contribution in [0.5, 0.6) is 0 Å². The molecule has 0 saturated carbocycles. The molecule has 1 aromatic carbocycles. The van der Waals surface area contributed by atoms with E-state index in [2.05, 4.69) is 15.0 Å². The van der Waals surface area contributed by atoms with E-state index in [0.717, 1.165) is 45.1 Å². The van der Waals surface area contributed by atoms with Gasteiger partial charge in [0, 0.05) is 48.5 Å². The third-order valence-electron chi connectivity index (χ3n) is 5.31. The number of H-pyrrole nitrogens is 1. The van der Waals surface area contributed by atoms with Gasteiger partial charge < -0.3 is 14.3 Å². The molecular formula is C21H20N4O2S. The van der Waals surface area contributed by atoms with E-state index in [-0.39, 0.29) is 11.9 Å². The van der Waals surface area contributed by atoms with E-state index >= 15 is 0 Å². The fourth-order valence-electron chi connectivity index (χ4n) is 3.93. The van der Waals surface area contributed by atoms with Gasteiger partial charge in [0.15, 0.2) is 0 Å². The van der Waals surface area contributed by atoms with Crippen molar-refractivity contribution in [1.29, 1.82) is 0 Å². The predicted molar refractivity (Wildman–Crippen MR) is 107 cm³/mol. The first-order valence-corrected chi connectivity index (χ1v) is 10.3. The van der Waals surface area contributed by atoms with Gasteiger partial charge in [0.05, 0.1) is 17.0 Å². The smallest absolute Gasteiger partial charge is 0.223 e. The maximum atomic E-state index is 13.1. The van der Waals surface area contributed by atoms with Crippen LogP contribution in [0.2, 0.25) is 0 Å². The van der Waals surface area contributed by atoms with Crippen LogP contribution in [-0.4, -0.2) is 32.3 Å². The minimum absolute atomic E-state index is 0.103. The molecule has 0 spiro atoms. The first kappa shape index (κ1) is 17.2. The van der Waals surface area contributed by atoms with E-state index in [9.17, 15) is 4.79 Å². The molecule has 0 saturated heterocycles. The summed E-state index contributed by atoms with van der Waals surface area (Å²) in [7, 11) is 0. The highest BCUT2D eigenvalue weighted by Crippen LogP contribution is 2.37. The molecule has 4 aromatic rings. The summed E-state index contributed by atoms with van der Waals surface area (Å²) >= 11 is 1.59. The second-order valence-electron chi connectivity index (χ2n) is 7.07. The highest BCUT2D eigenvalue weighted by Gasteiger charge is 2.36. The number of carbonyl (C=O) groups is 1. The summed E-state index contributed by atoms with van der Waals surface area (Å²) in [5.74, 6) is 0.867. The maximum Gasteiger partial charge on any atom is 0.223 e. The van der Waals surface area contributed by atoms with Crippen LogP contribution in [-0.2, 0) is 17.6 Å². The molecule has 3 aromatic heterocycles. The van der Waals surface area contributed by atoms with E-state index < -0.39 is 0 Å². The Morgan fingerprint density at radius 1 is 1.39 bits per heavy atom. The molecule has 1 amide bonds. The van der Waals surface area contributed by atoms with Crippen molar-refractivity contribution in [1.82, 2.24) is 19.9 Å². The van der Waals surface area contributed by atoms with Crippen LogP contribution in [0, 0.1) is 6.92 Å². The van der Waals surface area contributed by atoms with Gasteiger partial charge in [0.1, 0.15) is 17.4 Å². The molecule has 0 bridgehead atoms. The standard InChI is InChI=1S/C21H20N4O2S/c1-13-3-2-4-14-11-16(27-21(13)14)20-19-15(23-12-24-19)7-9-25(20)18(26)6-5-17-22-8-10-28-17/h2-4,8,10-12,20H,5-7,9H2,1H3,(H,23,24)/t20-/m0/s1. The topological polar surface area (TPSA) is 75.0 Å². The van der Waals surface area contributed by atoms with Crippen LogP contribution < -0.4 is 0 Å². The van der Waals surface area contributed by atoms with E-state index in [4.69, 9.17) is 4.42 Å². The molecule has 142 valence electrons. The monoisotopic (exact) mass is 392 g/mol. The fourth-order valence-corrected chi connectivity index (χ4v) is 4.55. The normalized spacial score (nSPS) is 16.5. The molecule has 0 aliphatic carbocycles. The van der Waals surface area contributed by atoms with Crippen molar-refractivity contribution >= 4 is 28.2 Å². The molecule has 4 heterocycles. The number of carbonyl (C=O) groups excluding carboxylic acids is 1. The van der Waals surface area contributed by atoms with Crippen molar-refractivity contribution in [2.75, 3.05) is 6.54 Å². The minimum Gasteiger partial charge on any atom is -0.458 e. The summed E-state index contributed by atoms with van der Waals surface area (Å²) in [5, 5.41) is 3.98. The highest BCUT2D eigenvalue weighted by atomic mass is 32.1. The molecule has 1 atom stereocenters. The molecule has 0 unspecified atom stereocenters. The Balaban J connectivity index is 1.50. The van der Waals surface area contributed by atoms with Gasteiger partial charge in [-0.3, -0.25) is 4.79 Å². The van der Waals surface area contributed by atoms with Crippen molar-refractivity contribution in [3.05, 3.63) is 69.9 Å². The summed E-state index contributed by atoms with van der Waals surface area (Å²) in [4.78, 5) is 27.1. The zero-order valence-corrected chi connectivity index (χ0v) is 16.3. The van der Waals surface area contributed by atoms with Gasteiger partial charge in [-0.05, 0) is 18.6 Å². The molecule has 1 aliphatic heterocycles. The van der Waals surface area contributed by atoms with Gasteiger partial charge in [-0.2, -0.15) is 0 Å². The van der Waals surface area contributed by atoms with Crippen LogP contribution in [0.25, 0.3) is 11.0 Å². The van der Waals surface area contributed by atoms with E-state index in [1.807, 2.05) is 41.5 Å². The quantitative estimate of drug-likeness (QED) is 0.569. The third kappa shape index (κ3) is 2.92. The highest BCUT2D eigenvalue weighted by molar-refractivity contribution is 7.09. The van der Waals surface area contributed by atoms with Crippen molar-refractivity contribution < 1.29 is 9.21 Å². The van der Waals surface area contributed by atoms with Gasteiger partial charge in [0.2, 0.25) is 5.91 Å². The lowest BCUT2D eigenvalue weighted by Gasteiger charge is -2.33. The zero-order valence-electron chi connectivity index (χ0n) is 15.5. The summed E-state index contributed by atoms with van der Waals surface area (Å²) in [6, 6.07) is 7.84. The van der Waals surface area contributed by atoms with Crippen molar-refractivity contribution in [3.63, 3.8) is 0 Å².